The Morgan fingerprint density at radius 2 is 2.07 bits per heavy atom. The third-order valence-corrected chi connectivity index (χ3v) is 4.38. The van der Waals surface area contributed by atoms with Crippen molar-refractivity contribution >= 4 is 68.2 Å². The van der Waals surface area contributed by atoms with Crippen LogP contribution < -0.4 is 15.4 Å². The second-order valence-corrected chi connectivity index (χ2v) is 6.76. The minimum atomic E-state index is -0.591. The van der Waals surface area contributed by atoms with Crippen LogP contribution in [0.5, 0.6) is 5.75 Å². The average Bonchev–Trinajstić information content (AvgIpc) is 2.60. The van der Waals surface area contributed by atoms with Crippen molar-refractivity contribution < 1.29 is 14.5 Å². The van der Waals surface area contributed by atoms with E-state index in [0.29, 0.717) is 17.0 Å². The molecule has 1 amide bonds. The van der Waals surface area contributed by atoms with E-state index in [1.165, 1.54) is 24.3 Å². The summed E-state index contributed by atoms with van der Waals surface area (Å²) in [4.78, 5) is 22.2. The van der Waals surface area contributed by atoms with Crippen molar-refractivity contribution in [3.05, 3.63) is 67.6 Å². The zero-order chi connectivity index (χ0) is 20.0. The Morgan fingerprint density at radius 3 is 2.70 bits per heavy atom. The first-order chi connectivity index (χ1) is 12.8. The molecule has 2 rings (SSSR count). The van der Waals surface area contributed by atoms with E-state index < -0.39 is 10.8 Å². The molecule has 0 aliphatic heterocycles. The molecule has 0 atom stereocenters. The normalized spacial score (nSPS) is 10.5. The monoisotopic (exact) mass is 469 g/mol. The molecule has 0 aliphatic rings. The van der Waals surface area contributed by atoms with Crippen LogP contribution in [-0.4, -0.2) is 23.1 Å². The third-order valence-electron chi connectivity index (χ3n) is 3.24. The smallest absolute Gasteiger partial charge is 0.288 e. The van der Waals surface area contributed by atoms with Crippen molar-refractivity contribution in [1.29, 1.82) is 0 Å². The molecule has 140 valence electrons. The number of halogens is 2. The Labute approximate surface area is 173 Å². The zero-order valence-electron chi connectivity index (χ0n) is 13.9. The molecule has 0 saturated carbocycles. The molecular formula is C17H13BrClN3O4S. The fourth-order valence-corrected chi connectivity index (χ4v) is 2.95. The van der Waals surface area contributed by atoms with Crippen LogP contribution in [0.1, 0.15) is 5.56 Å². The summed E-state index contributed by atoms with van der Waals surface area (Å²) < 4.78 is 5.87. The van der Waals surface area contributed by atoms with E-state index in [4.69, 9.17) is 28.6 Å². The first-order valence-electron chi connectivity index (χ1n) is 7.37. The molecule has 0 heterocycles. The summed E-state index contributed by atoms with van der Waals surface area (Å²) in [6, 6.07) is 9.46. The van der Waals surface area contributed by atoms with E-state index in [9.17, 15) is 14.9 Å². The van der Waals surface area contributed by atoms with E-state index >= 15 is 0 Å². The van der Waals surface area contributed by atoms with Gasteiger partial charge in [-0.3, -0.25) is 20.2 Å². The number of methoxy groups -OCH3 is 1. The van der Waals surface area contributed by atoms with E-state index in [0.717, 1.165) is 4.47 Å². The van der Waals surface area contributed by atoms with Gasteiger partial charge in [-0.05, 0) is 64.1 Å². The number of nitro groups is 1. The molecule has 2 aromatic carbocycles. The predicted octanol–water partition coefficient (Wildman–Crippen LogP) is 4.55. The van der Waals surface area contributed by atoms with Gasteiger partial charge in [-0.2, -0.15) is 0 Å². The number of carbonyl (C=O) groups is 1. The Bertz CT molecular complexity index is 936. The quantitative estimate of drug-likeness (QED) is 0.288. The molecule has 0 fully saturated rings. The number of amides is 1. The number of ether oxygens (including phenoxy) is 1. The van der Waals surface area contributed by atoms with E-state index in [-0.39, 0.29) is 15.8 Å². The first kappa shape index (κ1) is 20.8. The lowest BCUT2D eigenvalue weighted by Gasteiger charge is -2.10. The van der Waals surface area contributed by atoms with Crippen LogP contribution in [0.3, 0.4) is 0 Å². The van der Waals surface area contributed by atoms with Gasteiger partial charge in [-0.25, -0.2) is 0 Å². The summed E-state index contributed by atoms with van der Waals surface area (Å²) in [5.41, 5.74) is 0.881. The maximum absolute atomic E-state index is 12.0. The number of benzene rings is 2. The van der Waals surface area contributed by atoms with Crippen molar-refractivity contribution in [2.24, 2.45) is 0 Å². The molecule has 0 spiro atoms. The van der Waals surface area contributed by atoms with E-state index in [1.807, 2.05) is 0 Å². The SMILES string of the molecule is COc1ccc(NC(=S)NC(=O)/C=C/c2ccc(Cl)c([N+](=O)[O-])c2)cc1Br. The number of anilines is 1. The van der Waals surface area contributed by atoms with Crippen LogP contribution in [0.25, 0.3) is 6.08 Å². The van der Waals surface area contributed by atoms with Crippen LogP contribution in [0.15, 0.2) is 46.9 Å². The van der Waals surface area contributed by atoms with Gasteiger partial charge < -0.3 is 10.1 Å². The second-order valence-electron chi connectivity index (χ2n) is 5.09. The van der Waals surface area contributed by atoms with Gasteiger partial charge in [0, 0.05) is 17.8 Å². The Hall–Kier alpha value is -2.49. The molecule has 0 radical (unpaired) electrons. The molecule has 7 nitrogen and oxygen atoms in total. The van der Waals surface area contributed by atoms with Crippen molar-refractivity contribution in [3.8, 4) is 5.75 Å². The number of thiocarbonyl (C=S) groups is 1. The van der Waals surface area contributed by atoms with Gasteiger partial charge in [-0.15, -0.1) is 0 Å². The van der Waals surface area contributed by atoms with Gasteiger partial charge >= 0.3 is 0 Å². The third kappa shape index (κ3) is 6.02. The molecule has 0 saturated heterocycles. The number of hydrogen-bond acceptors (Lipinski definition) is 5. The summed E-state index contributed by atoms with van der Waals surface area (Å²) in [7, 11) is 1.56. The maximum atomic E-state index is 12.0. The van der Waals surface area contributed by atoms with Crippen LogP contribution in [0, 0.1) is 10.1 Å². The topological polar surface area (TPSA) is 93.5 Å². The number of nitrogens with zero attached hydrogens (tertiary/aromatic N) is 1. The van der Waals surface area contributed by atoms with Crippen molar-refractivity contribution in [2.45, 2.75) is 0 Å². The minimum Gasteiger partial charge on any atom is -0.496 e. The first-order valence-corrected chi connectivity index (χ1v) is 8.95. The van der Waals surface area contributed by atoms with Gasteiger partial charge in [0.05, 0.1) is 16.5 Å². The van der Waals surface area contributed by atoms with Crippen LogP contribution in [0.4, 0.5) is 11.4 Å². The highest BCUT2D eigenvalue weighted by atomic mass is 79.9. The van der Waals surface area contributed by atoms with Crippen molar-refractivity contribution in [2.75, 3.05) is 12.4 Å². The lowest BCUT2D eigenvalue weighted by molar-refractivity contribution is -0.384. The summed E-state index contributed by atoms with van der Waals surface area (Å²) in [5, 5.41) is 16.4. The minimum absolute atomic E-state index is 0.0256. The Morgan fingerprint density at radius 1 is 1.33 bits per heavy atom. The summed E-state index contributed by atoms with van der Waals surface area (Å²) in [6.07, 6.45) is 2.64. The number of nitrogens with one attached hydrogen (secondary N) is 2. The highest BCUT2D eigenvalue weighted by Crippen LogP contribution is 2.27. The number of hydrogen-bond donors (Lipinski definition) is 2. The van der Waals surface area contributed by atoms with Crippen LogP contribution in [-0.2, 0) is 4.79 Å². The van der Waals surface area contributed by atoms with Crippen molar-refractivity contribution in [3.63, 3.8) is 0 Å². The van der Waals surface area contributed by atoms with E-state index in [1.54, 1.807) is 31.4 Å². The van der Waals surface area contributed by atoms with Crippen LogP contribution in [0.2, 0.25) is 5.02 Å². The van der Waals surface area contributed by atoms with E-state index in [2.05, 4.69) is 26.6 Å². The lowest BCUT2D eigenvalue weighted by atomic mass is 10.2. The van der Waals surface area contributed by atoms with Gasteiger partial charge in [0.25, 0.3) is 5.69 Å². The highest BCUT2D eigenvalue weighted by Gasteiger charge is 2.12. The average molecular weight is 471 g/mol. The second kappa shape index (κ2) is 9.45. The standard InChI is InChI=1S/C17H13BrClN3O4S/c1-26-15-6-4-11(9-12(15)18)20-17(27)21-16(23)7-3-10-2-5-13(19)14(8-10)22(24)25/h2-9H,1H3,(H2,20,21,23,27)/b7-3+. The fourth-order valence-electron chi connectivity index (χ4n) is 2.01. The molecule has 0 unspecified atom stereocenters. The fraction of sp³-hybridized carbons (Fsp3) is 0.0588. The van der Waals surface area contributed by atoms with Gasteiger partial charge in [0.2, 0.25) is 5.91 Å². The molecule has 2 aromatic rings. The largest absolute Gasteiger partial charge is 0.496 e. The van der Waals surface area contributed by atoms with Crippen molar-refractivity contribution in [1.82, 2.24) is 5.32 Å². The summed E-state index contributed by atoms with van der Waals surface area (Å²) >= 11 is 14.2. The number of carbonyl (C=O) groups excluding carboxylic acids is 1. The van der Waals surface area contributed by atoms with Gasteiger partial charge in [-0.1, -0.05) is 17.7 Å². The summed E-state index contributed by atoms with van der Waals surface area (Å²) in [5.74, 6) is 0.174. The maximum Gasteiger partial charge on any atom is 0.288 e. The van der Waals surface area contributed by atoms with Gasteiger partial charge in [0.15, 0.2) is 5.11 Å². The molecule has 0 aliphatic carbocycles. The highest BCUT2D eigenvalue weighted by molar-refractivity contribution is 9.10. The molecule has 0 bridgehead atoms. The molecule has 2 N–H and O–H groups in total. The van der Waals surface area contributed by atoms with Crippen LogP contribution >= 0.6 is 39.7 Å². The number of nitro benzene ring substituents is 1. The van der Waals surface area contributed by atoms with Gasteiger partial charge in [0.1, 0.15) is 10.8 Å². The zero-order valence-corrected chi connectivity index (χ0v) is 17.0. The molecule has 10 heteroatoms. The summed E-state index contributed by atoms with van der Waals surface area (Å²) in [6.45, 7) is 0. The Balaban J connectivity index is 1.98. The molecule has 0 aromatic heterocycles. The Kier molecular flexibility index (Phi) is 7.28. The number of rotatable bonds is 5. The molecule has 27 heavy (non-hydrogen) atoms. The lowest BCUT2D eigenvalue weighted by Crippen LogP contribution is -2.32. The molecular weight excluding hydrogens is 458 g/mol. The predicted molar refractivity (Wildman–Crippen MR) is 112 cm³/mol.